The predicted molar refractivity (Wildman–Crippen MR) is 77.0 cm³/mol. The second-order valence-electron chi connectivity index (χ2n) is 4.73. The average molecular weight is 309 g/mol. The Hall–Kier alpha value is -1.70. The van der Waals surface area contributed by atoms with Crippen LogP contribution in [0.4, 0.5) is 0 Å². The fraction of sp³-hybridized carbons (Fsp3) is 0.357. The summed E-state index contributed by atoms with van der Waals surface area (Å²) in [6, 6.07) is 4.36. The van der Waals surface area contributed by atoms with E-state index < -0.39 is 24.0 Å². The summed E-state index contributed by atoms with van der Waals surface area (Å²) < 4.78 is 0. The van der Waals surface area contributed by atoms with Crippen LogP contribution in [-0.2, 0) is 4.79 Å². The number of imide groups is 1. The lowest BCUT2D eigenvalue weighted by molar-refractivity contribution is -0.109. The molecule has 2 amide bonds. The van der Waals surface area contributed by atoms with Gasteiger partial charge in [-0.3, -0.25) is 19.7 Å². The number of carbonyl (C=O) groups excluding carboxylic acids is 3. The van der Waals surface area contributed by atoms with Gasteiger partial charge in [0.25, 0.3) is 11.8 Å². The largest absolute Gasteiger partial charge is 0.390 e. The Kier molecular flexibility index (Phi) is 4.76. The number of nitrogens with one attached hydrogen (secondary N) is 1. The van der Waals surface area contributed by atoms with E-state index in [1.54, 1.807) is 0 Å². The molecule has 0 saturated heterocycles. The van der Waals surface area contributed by atoms with E-state index in [1.165, 1.54) is 25.1 Å². The monoisotopic (exact) mass is 309 g/mol. The Labute approximate surface area is 125 Å². The van der Waals surface area contributed by atoms with Crippen molar-refractivity contribution in [3.8, 4) is 0 Å². The molecule has 3 N–H and O–H groups in total. The summed E-state index contributed by atoms with van der Waals surface area (Å²) in [5, 5.41) is 22.1. The molecule has 6 nitrogen and oxygen atoms in total. The lowest BCUT2D eigenvalue weighted by atomic mass is 9.98. The minimum atomic E-state index is -1.17. The first kappa shape index (κ1) is 15.7. The number of hydrogen-bond donors (Lipinski definition) is 3. The minimum Gasteiger partial charge on any atom is -0.390 e. The van der Waals surface area contributed by atoms with Crippen LogP contribution < -0.4 is 5.32 Å². The summed E-state index contributed by atoms with van der Waals surface area (Å²) in [5.41, 5.74) is 0.818. The van der Waals surface area contributed by atoms with Crippen LogP contribution in [0.25, 0.3) is 0 Å². The van der Waals surface area contributed by atoms with Crippen molar-refractivity contribution in [2.75, 3.05) is 5.75 Å². The molecule has 0 aliphatic carbocycles. The lowest BCUT2D eigenvalue weighted by Gasteiger charge is -2.18. The van der Waals surface area contributed by atoms with E-state index in [2.05, 4.69) is 5.32 Å². The first-order valence-corrected chi connectivity index (χ1v) is 7.38. The lowest BCUT2D eigenvalue weighted by Crippen LogP contribution is -2.20. The van der Waals surface area contributed by atoms with Crippen molar-refractivity contribution in [2.24, 2.45) is 0 Å². The van der Waals surface area contributed by atoms with Gasteiger partial charge in [0.2, 0.25) is 0 Å². The summed E-state index contributed by atoms with van der Waals surface area (Å²) in [6.07, 6.45) is -1.98. The third-order valence-corrected chi connectivity index (χ3v) is 4.03. The van der Waals surface area contributed by atoms with Gasteiger partial charge in [0.1, 0.15) is 6.10 Å². The first-order chi connectivity index (χ1) is 9.90. The number of aliphatic hydroxyl groups is 2. The Morgan fingerprint density at radius 3 is 2.57 bits per heavy atom. The Balaban J connectivity index is 2.08. The predicted octanol–water partition coefficient (Wildman–Crippen LogP) is 0.634. The van der Waals surface area contributed by atoms with Crippen molar-refractivity contribution in [3.63, 3.8) is 0 Å². The van der Waals surface area contributed by atoms with Crippen LogP contribution in [0.15, 0.2) is 18.2 Å². The second-order valence-corrected chi connectivity index (χ2v) is 6.00. The Morgan fingerprint density at radius 2 is 1.90 bits per heavy atom. The highest BCUT2D eigenvalue weighted by Crippen LogP contribution is 2.25. The fourth-order valence-corrected chi connectivity index (χ4v) is 2.72. The van der Waals surface area contributed by atoms with Crippen molar-refractivity contribution >= 4 is 28.7 Å². The standard InChI is InChI=1S/C14H15NO5S/c1-7(16)21-5-4-11(17)12(18)8-2-3-9-10(6-8)14(20)15-13(9)19/h2-3,6,11-12,17-18H,4-5H2,1H3,(H,15,19,20). The molecule has 0 aromatic heterocycles. The molecule has 7 heteroatoms. The number of thioether (sulfide) groups is 1. The number of aliphatic hydroxyl groups excluding tert-OH is 2. The molecule has 1 aliphatic heterocycles. The van der Waals surface area contributed by atoms with Crippen LogP contribution in [0.3, 0.4) is 0 Å². The highest BCUT2D eigenvalue weighted by molar-refractivity contribution is 8.13. The van der Waals surface area contributed by atoms with Gasteiger partial charge in [-0.05, 0) is 24.1 Å². The maximum absolute atomic E-state index is 11.6. The summed E-state index contributed by atoms with van der Waals surface area (Å²) in [7, 11) is 0. The smallest absolute Gasteiger partial charge is 0.258 e. The maximum atomic E-state index is 11.6. The van der Waals surface area contributed by atoms with Gasteiger partial charge in [-0.15, -0.1) is 0 Å². The van der Waals surface area contributed by atoms with Gasteiger partial charge in [-0.1, -0.05) is 17.8 Å². The van der Waals surface area contributed by atoms with Crippen molar-refractivity contribution in [1.29, 1.82) is 0 Å². The van der Waals surface area contributed by atoms with Crippen LogP contribution >= 0.6 is 11.8 Å². The molecular formula is C14H15NO5S. The molecule has 0 spiro atoms. The van der Waals surface area contributed by atoms with Crippen LogP contribution in [0.5, 0.6) is 0 Å². The third-order valence-electron chi connectivity index (χ3n) is 3.18. The van der Waals surface area contributed by atoms with Crippen LogP contribution in [-0.4, -0.2) is 39.0 Å². The summed E-state index contributed by atoms with van der Waals surface area (Å²) in [4.78, 5) is 33.8. The molecule has 0 fully saturated rings. The van der Waals surface area contributed by atoms with Crippen LogP contribution in [0, 0.1) is 0 Å². The van der Waals surface area contributed by atoms with Gasteiger partial charge >= 0.3 is 0 Å². The van der Waals surface area contributed by atoms with E-state index in [9.17, 15) is 24.6 Å². The molecule has 21 heavy (non-hydrogen) atoms. The van der Waals surface area contributed by atoms with E-state index in [4.69, 9.17) is 0 Å². The Bertz CT molecular complexity index is 601. The molecule has 1 aromatic rings. The number of rotatable bonds is 5. The number of fused-ring (bicyclic) bond motifs is 1. The van der Waals surface area contributed by atoms with E-state index in [-0.39, 0.29) is 22.7 Å². The van der Waals surface area contributed by atoms with E-state index >= 15 is 0 Å². The molecule has 0 saturated carbocycles. The van der Waals surface area contributed by atoms with E-state index in [1.807, 2.05) is 0 Å². The average Bonchev–Trinajstić information content (AvgIpc) is 2.72. The van der Waals surface area contributed by atoms with Crippen molar-refractivity contribution in [1.82, 2.24) is 5.32 Å². The third kappa shape index (κ3) is 3.49. The van der Waals surface area contributed by atoms with E-state index in [0.717, 1.165) is 11.8 Å². The molecular weight excluding hydrogens is 294 g/mol. The molecule has 1 heterocycles. The van der Waals surface area contributed by atoms with Crippen LogP contribution in [0.1, 0.15) is 45.7 Å². The molecule has 0 radical (unpaired) electrons. The summed E-state index contributed by atoms with van der Waals surface area (Å²) in [5.74, 6) is -0.572. The molecule has 112 valence electrons. The molecule has 2 unspecified atom stereocenters. The van der Waals surface area contributed by atoms with Crippen molar-refractivity contribution < 1.29 is 24.6 Å². The minimum absolute atomic E-state index is 0.0515. The zero-order valence-electron chi connectivity index (χ0n) is 11.3. The molecule has 1 aromatic carbocycles. The summed E-state index contributed by atoms with van der Waals surface area (Å²) >= 11 is 1.07. The maximum Gasteiger partial charge on any atom is 0.258 e. The quantitative estimate of drug-likeness (QED) is 0.689. The fourth-order valence-electron chi connectivity index (χ4n) is 2.07. The zero-order valence-corrected chi connectivity index (χ0v) is 12.1. The number of carbonyl (C=O) groups is 3. The highest BCUT2D eigenvalue weighted by atomic mass is 32.2. The molecule has 1 aliphatic rings. The van der Waals surface area contributed by atoms with Gasteiger partial charge in [-0.2, -0.15) is 0 Å². The van der Waals surface area contributed by atoms with Gasteiger partial charge in [0, 0.05) is 12.7 Å². The van der Waals surface area contributed by atoms with Crippen molar-refractivity contribution in [3.05, 3.63) is 34.9 Å². The summed E-state index contributed by atoms with van der Waals surface area (Å²) in [6.45, 7) is 1.43. The van der Waals surface area contributed by atoms with Gasteiger partial charge in [-0.25, -0.2) is 0 Å². The number of amides is 2. The van der Waals surface area contributed by atoms with Gasteiger partial charge < -0.3 is 10.2 Å². The van der Waals surface area contributed by atoms with Gasteiger partial charge in [0.15, 0.2) is 5.12 Å². The molecule has 2 atom stereocenters. The normalized spacial score (nSPS) is 16.3. The van der Waals surface area contributed by atoms with Gasteiger partial charge in [0.05, 0.1) is 17.2 Å². The SMILES string of the molecule is CC(=O)SCCC(O)C(O)c1ccc2c(c1)C(=O)NC2=O. The number of hydrogen-bond acceptors (Lipinski definition) is 6. The van der Waals surface area contributed by atoms with Crippen LogP contribution in [0.2, 0.25) is 0 Å². The Morgan fingerprint density at radius 1 is 1.24 bits per heavy atom. The topological polar surface area (TPSA) is 104 Å². The highest BCUT2D eigenvalue weighted by Gasteiger charge is 2.28. The first-order valence-electron chi connectivity index (χ1n) is 6.39. The molecule has 0 bridgehead atoms. The zero-order chi connectivity index (χ0) is 15.6. The van der Waals surface area contributed by atoms with Crippen molar-refractivity contribution in [2.45, 2.75) is 25.6 Å². The van der Waals surface area contributed by atoms with E-state index in [0.29, 0.717) is 11.3 Å². The second kappa shape index (κ2) is 6.38. The molecule has 2 rings (SSSR count). The number of benzene rings is 1.